The lowest BCUT2D eigenvalue weighted by Crippen LogP contribution is -2.38. The minimum atomic E-state index is -0.270. The molecular formula is C20H25FN2O2. The molecule has 25 heavy (non-hydrogen) atoms. The van der Waals surface area contributed by atoms with Crippen LogP contribution in [0.2, 0.25) is 0 Å². The minimum absolute atomic E-state index is 0.155. The predicted octanol–water partition coefficient (Wildman–Crippen LogP) is 2.64. The van der Waals surface area contributed by atoms with Gasteiger partial charge in [-0.2, -0.15) is 0 Å². The first-order valence-corrected chi connectivity index (χ1v) is 8.68. The molecule has 1 saturated heterocycles. The molecule has 1 aliphatic heterocycles. The fourth-order valence-corrected chi connectivity index (χ4v) is 3.64. The number of halogens is 1. The lowest BCUT2D eigenvalue weighted by Gasteiger charge is -2.26. The summed E-state index contributed by atoms with van der Waals surface area (Å²) in [5.74, 6) is 0.721. The third-order valence-electron chi connectivity index (χ3n) is 4.90. The van der Waals surface area contributed by atoms with Crippen LogP contribution in [0.3, 0.4) is 0 Å². The van der Waals surface area contributed by atoms with Crippen molar-refractivity contribution in [3.8, 4) is 5.75 Å². The lowest BCUT2D eigenvalue weighted by molar-refractivity contribution is 0.243. The van der Waals surface area contributed by atoms with Gasteiger partial charge in [-0.25, -0.2) is 4.39 Å². The summed E-state index contributed by atoms with van der Waals surface area (Å²) in [7, 11) is 1.59. The van der Waals surface area contributed by atoms with E-state index in [0.717, 1.165) is 18.5 Å². The minimum Gasteiger partial charge on any atom is -0.496 e. The summed E-state index contributed by atoms with van der Waals surface area (Å²) >= 11 is 0. The van der Waals surface area contributed by atoms with E-state index < -0.39 is 0 Å². The number of benzene rings is 2. The summed E-state index contributed by atoms with van der Waals surface area (Å²) in [6.45, 7) is 1.52. The summed E-state index contributed by atoms with van der Waals surface area (Å²) in [4.78, 5) is 0. The molecule has 2 aromatic rings. The van der Waals surface area contributed by atoms with Crippen molar-refractivity contribution in [1.29, 1.82) is 0 Å². The van der Waals surface area contributed by atoms with Crippen LogP contribution in [0.1, 0.15) is 23.6 Å². The van der Waals surface area contributed by atoms with Gasteiger partial charge >= 0.3 is 0 Å². The van der Waals surface area contributed by atoms with Gasteiger partial charge in [-0.15, -0.1) is 0 Å². The molecule has 1 aliphatic rings. The number of aliphatic hydroxyl groups excluding tert-OH is 1. The number of aliphatic hydroxyl groups is 1. The molecule has 3 unspecified atom stereocenters. The van der Waals surface area contributed by atoms with Gasteiger partial charge in [0.25, 0.3) is 0 Å². The highest BCUT2D eigenvalue weighted by atomic mass is 19.1. The zero-order chi connectivity index (χ0) is 17.6. The first-order valence-electron chi connectivity index (χ1n) is 8.68. The largest absolute Gasteiger partial charge is 0.496 e. The first kappa shape index (κ1) is 17.9. The fourth-order valence-electron chi connectivity index (χ4n) is 3.64. The Morgan fingerprint density at radius 3 is 2.76 bits per heavy atom. The highest BCUT2D eigenvalue weighted by molar-refractivity contribution is 5.34. The standard InChI is InChI=1S/C20H25FN2O2/c1-25-18-8-7-17(21)11-16(18)13-23-20-15(9-10-24)12-22-19(20)14-5-3-2-4-6-14/h2-8,11,15,19-20,22-24H,9-10,12-13H2,1H3. The molecule has 5 heteroatoms. The van der Waals surface area contributed by atoms with Crippen molar-refractivity contribution in [1.82, 2.24) is 10.6 Å². The molecule has 0 amide bonds. The Morgan fingerprint density at radius 2 is 2.04 bits per heavy atom. The van der Waals surface area contributed by atoms with Crippen LogP contribution in [-0.2, 0) is 6.54 Å². The van der Waals surface area contributed by atoms with Crippen LogP contribution in [0.4, 0.5) is 4.39 Å². The molecule has 1 heterocycles. The van der Waals surface area contributed by atoms with E-state index in [0.29, 0.717) is 18.2 Å². The van der Waals surface area contributed by atoms with Crippen molar-refractivity contribution in [2.45, 2.75) is 25.0 Å². The van der Waals surface area contributed by atoms with E-state index in [-0.39, 0.29) is 24.5 Å². The molecule has 4 nitrogen and oxygen atoms in total. The smallest absolute Gasteiger partial charge is 0.123 e. The second-order valence-corrected chi connectivity index (χ2v) is 6.43. The number of rotatable bonds is 7. The van der Waals surface area contributed by atoms with Crippen LogP contribution < -0.4 is 15.4 Å². The zero-order valence-corrected chi connectivity index (χ0v) is 14.4. The molecule has 2 aromatic carbocycles. The number of methoxy groups -OCH3 is 1. The number of hydrogen-bond acceptors (Lipinski definition) is 4. The van der Waals surface area contributed by atoms with Crippen molar-refractivity contribution < 1.29 is 14.2 Å². The Hall–Kier alpha value is -1.95. The van der Waals surface area contributed by atoms with Gasteiger partial charge in [0.2, 0.25) is 0 Å². The second-order valence-electron chi connectivity index (χ2n) is 6.43. The molecule has 3 rings (SSSR count). The SMILES string of the molecule is COc1ccc(F)cc1CNC1C(CCO)CNC1c1ccccc1. The number of hydrogen-bond donors (Lipinski definition) is 3. The Kier molecular flexibility index (Phi) is 6.02. The van der Waals surface area contributed by atoms with Crippen molar-refractivity contribution in [3.63, 3.8) is 0 Å². The van der Waals surface area contributed by atoms with Crippen LogP contribution in [-0.4, -0.2) is 31.4 Å². The molecule has 1 fully saturated rings. The van der Waals surface area contributed by atoms with Crippen LogP contribution >= 0.6 is 0 Å². The molecule has 134 valence electrons. The number of ether oxygens (including phenoxy) is 1. The quantitative estimate of drug-likeness (QED) is 0.723. The molecule has 0 saturated carbocycles. The maximum Gasteiger partial charge on any atom is 0.123 e. The van der Waals surface area contributed by atoms with Crippen LogP contribution in [0.15, 0.2) is 48.5 Å². The van der Waals surface area contributed by atoms with E-state index in [1.165, 1.54) is 17.7 Å². The van der Waals surface area contributed by atoms with E-state index in [1.807, 2.05) is 18.2 Å². The molecule has 0 spiro atoms. The second kappa shape index (κ2) is 8.43. The molecule has 0 aliphatic carbocycles. The lowest BCUT2D eigenvalue weighted by atomic mass is 9.91. The van der Waals surface area contributed by atoms with E-state index in [4.69, 9.17) is 4.74 Å². The van der Waals surface area contributed by atoms with E-state index in [2.05, 4.69) is 22.8 Å². The van der Waals surface area contributed by atoms with E-state index in [1.54, 1.807) is 13.2 Å². The highest BCUT2D eigenvalue weighted by Crippen LogP contribution is 2.30. The Morgan fingerprint density at radius 1 is 1.24 bits per heavy atom. The van der Waals surface area contributed by atoms with Gasteiger partial charge in [0, 0.05) is 37.3 Å². The van der Waals surface area contributed by atoms with Gasteiger partial charge < -0.3 is 20.5 Å². The van der Waals surface area contributed by atoms with Gasteiger partial charge in [0.05, 0.1) is 7.11 Å². The van der Waals surface area contributed by atoms with Gasteiger partial charge in [0.1, 0.15) is 11.6 Å². The van der Waals surface area contributed by atoms with Crippen LogP contribution in [0, 0.1) is 11.7 Å². The van der Waals surface area contributed by atoms with Crippen molar-refractivity contribution in [2.24, 2.45) is 5.92 Å². The molecule has 3 N–H and O–H groups in total. The Bertz CT molecular complexity index is 681. The normalized spacial score (nSPS) is 22.9. The van der Waals surface area contributed by atoms with Crippen LogP contribution in [0.5, 0.6) is 5.75 Å². The predicted molar refractivity (Wildman–Crippen MR) is 96.0 cm³/mol. The van der Waals surface area contributed by atoms with Crippen molar-refractivity contribution in [3.05, 3.63) is 65.5 Å². The summed E-state index contributed by atoms with van der Waals surface area (Å²) in [5, 5.41) is 16.5. The maximum atomic E-state index is 13.6. The Balaban J connectivity index is 1.77. The van der Waals surface area contributed by atoms with Gasteiger partial charge in [0.15, 0.2) is 0 Å². The molecular weight excluding hydrogens is 319 g/mol. The maximum absolute atomic E-state index is 13.6. The van der Waals surface area contributed by atoms with Gasteiger partial charge in [-0.1, -0.05) is 30.3 Å². The average Bonchev–Trinajstić information content (AvgIpc) is 3.04. The third kappa shape index (κ3) is 4.18. The molecule has 3 atom stereocenters. The first-order chi connectivity index (χ1) is 12.2. The van der Waals surface area contributed by atoms with Crippen molar-refractivity contribution in [2.75, 3.05) is 20.3 Å². The molecule has 0 bridgehead atoms. The molecule has 0 aromatic heterocycles. The summed E-state index contributed by atoms with van der Waals surface area (Å²) < 4.78 is 18.9. The van der Waals surface area contributed by atoms with Gasteiger partial charge in [-0.3, -0.25) is 0 Å². The zero-order valence-electron chi connectivity index (χ0n) is 14.4. The van der Waals surface area contributed by atoms with Crippen LogP contribution in [0.25, 0.3) is 0 Å². The Labute approximate surface area is 148 Å². The summed E-state index contributed by atoms with van der Waals surface area (Å²) in [6, 6.07) is 15.2. The average molecular weight is 344 g/mol. The summed E-state index contributed by atoms with van der Waals surface area (Å²) in [6.07, 6.45) is 0.730. The highest BCUT2D eigenvalue weighted by Gasteiger charge is 2.35. The topological polar surface area (TPSA) is 53.5 Å². The fraction of sp³-hybridized carbons (Fsp3) is 0.400. The van der Waals surface area contributed by atoms with Gasteiger partial charge in [-0.05, 0) is 36.1 Å². The van der Waals surface area contributed by atoms with E-state index >= 15 is 0 Å². The third-order valence-corrected chi connectivity index (χ3v) is 4.90. The van der Waals surface area contributed by atoms with Crippen molar-refractivity contribution >= 4 is 0 Å². The monoisotopic (exact) mass is 344 g/mol. The summed E-state index contributed by atoms with van der Waals surface area (Å²) in [5.41, 5.74) is 2.01. The van der Waals surface area contributed by atoms with E-state index in [9.17, 15) is 9.50 Å². The molecule has 0 radical (unpaired) electrons. The number of nitrogens with one attached hydrogen (secondary N) is 2.